The van der Waals surface area contributed by atoms with E-state index in [0.29, 0.717) is 6.54 Å². The molecule has 0 saturated carbocycles. The number of aryl methyl sites for hydroxylation is 1. The summed E-state index contributed by atoms with van der Waals surface area (Å²) in [7, 11) is 0. The van der Waals surface area contributed by atoms with Crippen LogP contribution in [0.4, 0.5) is 0 Å². The Morgan fingerprint density at radius 1 is 1.43 bits per heavy atom. The van der Waals surface area contributed by atoms with E-state index >= 15 is 0 Å². The number of nitrogens with zero attached hydrogens (tertiary/aromatic N) is 2. The van der Waals surface area contributed by atoms with Gasteiger partial charge in [-0.2, -0.15) is 0 Å². The molecule has 0 aliphatic rings. The van der Waals surface area contributed by atoms with Gasteiger partial charge < -0.3 is 4.42 Å². The predicted octanol–water partition coefficient (Wildman–Crippen LogP) is 1.19. The summed E-state index contributed by atoms with van der Waals surface area (Å²) in [6, 6.07) is 5.15. The fraction of sp³-hybridized carbons (Fsp3) is 0.200. The Labute approximate surface area is 80.8 Å². The molecule has 14 heavy (non-hydrogen) atoms. The fourth-order valence-corrected chi connectivity index (χ4v) is 1.24. The molecular weight excluding hydrogens is 180 g/mol. The number of furan rings is 1. The highest BCUT2D eigenvalue weighted by molar-refractivity contribution is 5.06. The molecule has 0 N–H and O–H groups in total. The van der Waals surface area contributed by atoms with Crippen molar-refractivity contribution in [3.05, 3.63) is 52.6 Å². The second kappa shape index (κ2) is 3.49. The zero-order valence-electron chi connectivity index (χ0n) is 7.80. The van der Waals surface area contributed by atoms with Crippen molar-refractivity contribution >= 4 is 0 Å². The SMILES string of the molecule is Cc1ccc(Cn2cnccc2=O)o1. The molecule has 0 fully saturated rings. The van der Waals surface area contributed by atoms with Crippen molar-refractivity contribution in [2.45, 2.75) is 13.5 Å². The summed E-state index contributed by atoms with van der Waals surface area (Å²) in [5, 5.41) is 0. The highest BCUT2D eigenvalue weighted by Gasteiger charge is 2.00. The molecule has 2 heterocycles. The van der Waals surface area contributed by atoms with E-state index < -0.39 is 0 Å². The minimum atomic E-state index is -0.0750. The van der Waals surface area contributed by atoms with Crippen LogP contribution in [0, 0.1) is 6.92 Å². The Balaban J connectivity index is 2.27. The topological polar surface area (TPSA) is 48.0 Å². The van der Waals surface area contributed by atoms with Gasteiger partial charge in [-0.15, -0.1) is 0 Å². The van der Waals surface area contributed by atoms with Crippen LogP contribution in [0.5, 0.6) is 0 Å². The molecule has 2 aromatic heterocycles. The predicted molar refractivity (Wildman–Crippen MR) is 51.0 cm³/mol. The lowest BCUT2D eigenvalue weighted by molar-refractivity contribution is 0.465. The summed E-state index contributed by atoms with van der Waals surface area (Å²) >= 11 is 0. The van der Waals surface area contributed by atoms with Crippen LogP contribution < -0.4 is 5.56 Å². The number of hydrogen-bond donors (Lipinski definition) is 0. The van der Waals surface area contributed by atoms with Gasteiger partial charge in [0.15, 0.2) is 0 Å². The van der Waals surface area contributed by atoms with Crippen molar-refractivity contribution in [2.75, 3.05) is 0 Å². The summed E-state index contributed by atoms with van der Waals surface area (Å²) in [6.45, 7) is 2.30. The van der Waals surface area contributed by atoms with E-state index in [2.05, 4.69) is 4.98 Å². The maximum atomic E-state index is 11.3. The van der Waals surface area contributed by atoms with Gasteiger partial charge in [0.1, 0.15) is 11.5 Å². The molecule has 2 aromatic rings. The van der Waals surface area contributed by atoms with E-state index in [1.54, 1.807) is 0 Å². The molecule has 0 aromatic carbocycles. The molecule has 4 nitrogen and oxygen atoms in total. The molecule has 0 aliphatic carbocycles. The van der Waals surface area contributed by atoms with Gasteiger partial charge in [0.25, 0.3) is 5.56 Å². The molecular formula is C10H10N2O2. The molecule has 0 spiro atoms. The molecule has 72 valence electrons. The van der Waals surface area contributed by atoms with Gasteiger partial charge in [0.05, 0.1) is 12.9 Å². The molecule has 0 aliphatic heterocycles. The average Bonchev–Trinajstić information content (AvgIpc) is 2.56. The van der Waals surface area contributed by atoms with Gasteiger partial charge in [-0.1, -0.05) is 0 Å². The minimum absolute atomic E-state index is 0.0750. The van der Waals surface area contributed by atoms with Crippen LogP contribution in [0.1, 0.15) is 11.5 Å². The van der Waals surface area contributed by atoms with Gasteiger partial charge in [-0.3, -0.25) is 9.36 Å². The molecule has 0 atom stereocenters. The molecule has 0 amide bonds. The summed E-state index contributed by atoms with van der Waals surface area (Å²) < 4.78 is 6.85. The molecule has 2 rings (SSSR count). The average molecular weight is 190 g/mol. The van der Waals surface area contributed by atoms with Crippen molar-refractivity contribution in [1.82, 2.24) is 9.55 Å². The second-order valence-corrected chi connectivity index (χ2v) is 3.06. The van der Waals surface area contributed by atoms with Crippen LogP contribution in [0.2, 0.25) is 0 Å². The first kappa shape index (κ1) is 8.74. The smallest absolute Gasteiger partial charge is 0.253 e. The van der Waals surface area contributed by atoms with Crippen LogP contribution in [-0.2, 0) is 6.54 Å². The third-order valence-corrected chi connectivity index (χ3v) is 1.91. The maximum absolute atomic E-state index is 11.3. The lowest BCUT2D eigenvalue weighted by Crippen LogP contribution is -2.18. The Kier molecular flexibility index (Phi) is 2.18. The number of aromatic nitrogens is 2. The fourth-order valence-electron chi connectivity index (χ4n) is 1.24. The highest BCUT2D eigenvalue weighted by atomic mass is 16.3. The molecule has 0 saturated heterocycles. The van der Waals surface area contributed by atoms with Crippen LogP contribution in [-0.4, -0.2) is 9.55 Å². The highest BCUT2D eigenvalue weighted by Crippen LogP contribution is 2.06. The minimum Gasteiger partial charge on any atom is -0.464 e. The third kappa shape index (κ3) is 1.74. The van der Waals surface area contributed by atoms with Gasteiger partial charge >= 0.3 is 0 Å². The molecule has 0 bridgehead atoms. The Morgan fingerprint density at radius 3 is 2.93 bits per heavy atom. The van der Waals surface area contributed by atoms with Crippen molar-refractivity contribution in [3.8, 4) is 0 Å². The Hall–Kier alpha value is -1.84. The van der Waals surface area contributed by atoms with Crippen molar-refractivity contribution in [2.24, 2.45) is 0 Å². The largest absolute Gasteiger partial charge is 0.464 e. The van der Waals surface area contributed by atoms with E-state index in [1.165, 1.54) is 23.2 Å². The van der Waals surface area contributed by atoms with Gasteiger partial charge in [-0.25, -0.2) is 4.98 Å². The van der Waals surface area contributed by atoms with E-state index in [9.17, 15) is 4.79 Å². The second-order valence-electron chi connectivity index (χ2n) is 3.06. The first-order chi connectivity index (χ1) is 6.75. The van der Waals surface area contributed by atoms with E-state index in [0.717, 1.165) is 11.5 Å². The summed E-state index contributed by atoms with van der Waals surface area (Å²) in [5.41, 5.74) is -0.0750. The Bertz CT molecular complexity index is 485. The third-order valence-electron chi connectivity index (χ3n) is 1.91. The lowest BCUT2D eigenvalue weighted by Gasteiger charge is -2.00. The zero-order chi connectivity index (χ0) is 9.97. The normalized spacial score (nSPS) is 10.4. The first-order valence-corrected chi connectivity index (χ1v) is 4.31. The molecule has 0 unspecified atom stereocenters. The van der Waals surface area contributed by atoms with E-state index in [-0.39, 0.29) is 5.56 Å². The molecule has 4 heteroatoms. The van der Waals surface area contributed by atoms with Crippen molar-refractivity contribution < 1.29 is 4.42 Å². The van der Waals surface area contributed by atoms with Crippen LogP contribution in [0.3, 0.4) is 0 Å². The summed E-state index contributed by atoms with van der Waals surface area (Å²) in [6.07, 6.45) is 2.98. The maximum Gasteiger partial charge on any atom is 0.253 e. The van der Waals surface area contributed by atoms with Gasteiger partial charge in [0.2, 0.25) is 0 Å². The van der Waals surface area contributed by atoms with Crippen LogP contribution in [0.15, 0.2) is 39.9 Å². The quantitative estimate of drug-likeness (QED) is 0.714. The monoisotopic (exact) mass is 190 g/mol. The standard InChI is InChI=1S/C10H10N2O2/c1-8-2-3-9(14-8)6-12-7-11-5-4-10(12)13/h2-5,7H,6H2,1H3. The van der Waals surface area contributed by atoms with E-state index in [1.807, 2.05) is 19.1 Å². The van der Waals surface area contributed by atoms with Gasteiger partial charge in [-0.05, 0) is 19.1 Å². The van der Waals surface area contributed by atoms with Crippen molar-refractivity contribution in [1.29, 1.82) is 0 Å². The summed E-state index contributed by atoms with van der Waals surface area (Å²) in [4.78, 5) is 15.2. The lowest BCUT2D eigenvalue weighted by atomic mass is 10.4. The van der Waals surface area contributed by atoms with Gasteiger partial charge in [0, 0.05) is 12.3 Å². The zero-order valence-corrected chi connectivity index (χ0v) is 7.80. The van der Waals surface area contributed by atoms with Crippen LogP contribution in [0.25, 0.3) is 0 Å². The number of rotatable bonds is 2. The summed E-state index contributed by atoms with van der Waals surface area (Å²) in [5.74, 6) is 1.61. The first-order valence-electron chi connectivity index (χ1n) is 4.31. The molecule has 0 radical (unpaired) electrons. The Morgan fingerprint density at radius 2 is 2.29 bits per heavy atom. The van der Waals surface area contributed by atoms with E-state index in [4.69, 9.17) is 4.42 Å². The number of hydrogen-bond acceptors (Lipinski definition) is 3. The van der Waals surface area contributed by atoms with Crippen molar-refractivity contribution in [3.63, 3.8) is 0 Å². The van der Waals surface area contributed by atoms with Crippen LogP contribution >= 0.6 is 0 Å².